The summed E-state index contributed by atoms with van der Waals surface area (Å²) in [5, 5.41) is 20.6. The van der Waals surface area contributed by atoms with Crippen LogP contribution in [-0.4, -0.2) is 157 Å². The number of carbonyl (C=O) groups is 8. The Morgan fingerprint density at radius 1 is 0.697 bits per heavy atom. The van der Waals surface area contributed by atoms with Crippen LogP contribution in [-0.2, 0) is 41.7 Å². The molecule has 0 radical (unpaired) electrons. The average molecular weight is 1220 g/mol. The van der Waals surface area contributed by atoms with Gasteiger partial charge in [0.05, 0.1) is 62.0 Å². The summed E-state index contributed by atoms with van der Waals surface area (Å²) in [5.41, 5.74) is 10.3. The van der Waals surface area contributed by atoms with Crippen molar-refractivity contribution in [1.82, 2.24) is 25.3 Å². The van der Waals surface area contributed by atoms with Crippen molar-refractivity contribution in [3.05, 3.63) is 138 Å². The van der Waals surface area contributed by atoms with Crippen LogP contribution in [0.15, 0.2) is 120 Å². The van der Waals surface area contributed by atoms with Gasteiger partial charge in [0.2, 0.25) is 17.7 Å². The predicted molar refractivity (Wildman–Crippen MR) is 331 cm³/mol. The van der Waals surface area contributed by atoms with E-state index in [1.165, 1.54) is 43.4 Å². The van der Waals surface area contributed by atoms with Crippen molar-refractivity contribution in [2.24, 2.45) is 10.7 Å². The summed E-state index contributed by atoms with van der Waals surface area (Å²) >= 11 is 0. The minimum Gasteiger partial charge on any atom is -0.493 e. The van der Waals surface area contributed by atoms with E-state index in [0.29, 0.717) is 117 Å². The van der Waals surface area contributed by atoms with E-state index >= 15 is 0 Å². The van der Waals surface area contributed by atoms with E-state index < -0.39 is 48.2 Å². The highest BCUT2D eigenvalue weighted by Crippen LogP contribution is 2.43. The molecule has 23 heteroatoms. The van der Waals surface area contributed by atoms with Gasteiger partial charge in [0.25, 0.3) is 23.6 Å². The fraction of sp³-hybridized carbons (Fsp3) is 0.409. The van der Waals surface area contributed by atoms with E-state index in [1.54, 1.807) is 47.5 Å². The van der Waals surface area contributed by atoms with Crippen molar-refractivity contribution in [3.8, 4) is 23.0 Å². The third-order valence-corrected chi connectivity index (χ3v) is 16.2. The van der Waals surface area contributed by atoms with Crippen LogP contribution in [0.25, 0.3) is 0 Å². The quantitative estimate of drug-likeness (QED) is 0.0212. The Morgan fingerprint density at radius 3 is 2.04 bits per heavy atom. The Hall–Kier alpha value is -9.35. The number of benzene rings is 4. The van der Waals surface area contributed by atoms with Gasteiger partial charge in [-0.15, -0.1) is 0 Å². The van der Waals surface area contributed by atoms with E-state index in [4.69, 9.17) is 29.4 Å². The van der Waals surface area contributed by atoms with Crippen LogP contribution in [0.1, 0.15) is 109 Å². The largest absolute Gasteiger partial charge is 0.493 e. The first kappa shape index (κ1) is 64.1. The van der Waals surface area contributed by atoms with Crippen molar-refractivity contribution in [1.29, 1.82) is 0 Å². The Balaban J connectivity index is 0.802. The lowest BCUT2D eigenvalue weighted by Crippen LogP contribution is -2.53. The SMILES string of the molecule is C=C1C[C@H]2C=Nc3cc(OCCCCCOc4cc5c(cc4OC)C(=O)N4CC(=C)C[C@H]4C(O)N5C(=O)OCc4ccc(NC(=O)C(CCCCN)NC(=O)[C@H](Cc5ccccc5)NC(=O)CCCCCN5C(=O)C=CC5=O)cc4)c(OC)cc3C(=O)N2C1. The third-order valence-electron chi connectivity index (χ3n) is 16.2. The number of aliphatic imine (C=N–C) groups is 1. The average Bonchev–Trinajstić information content (AvgIpc) is 3.19. The fourth-order valence-corrected chi connectivity index (χ4v) is 11.4. The minimum absolute atomic E-state index is 0.0565. The molecule has 2 unspecified atom stereocenters. The van der Waals surface area contributed by atoms with Crippen molar-refractivity contribution in [2.45, 2.75) is 120 Å². The van der Waals surface area contributed by atoms with Gasteiger partial charge in [-0.05, 0) is 106 Å². The molecule has 2 saturated heterocycles. The van der Waals surface area contributed by atoms with Gasteiger partial charge in [-0.25, -0.2) is 9.69 Å². The number of methoxy groups -OCH3 is 2. The van der Waals surface area contributed by atoms with Crippen LogP contribution in [0.4, 0.5) is 21.9 Å². The molecule has 5 heterocycles. The monoisotopic (exact) mass is 1220 g/mol. The number of carbonyl (C=O) groups excluding carboxylic acids is 8. The molecule has 4 aromatic rings. The molecule has 0 spiro atoms. The number of amides is 8. The molecule has 470 valence electrons. The normalized spacial score (nSPS) is 18.1. The number of hydrogen-bond acceptors (Lipinski definition) is 16. The Morgan fingerprint density at radius 2 is 1.35 bits per heavy atom. The molecule has 5 atom stereocenters. The maximum atomic E-state index is 14.3. The van der Waals surface area contributed by atoms with Gasteiger partial charge in [0, 0.05) is 68.7 Å². The number of nitrogens with two attached hydrogens (primary N) is 1. The molecule has 0 bridgehead atoms. The van der Waals surface area contributed by atoms with Crippen molar-refractivity contribution < 1.29 is 67.1 Å². The van der Waals surface area contributed by atoms with E-state index in [-0.39, 0.29) is 104 Å². The van der Waals surface area contributed by atoms with Gasteiger partial charge < -0.3 is 60.3 Å². The zero-order chi connectivity index (χ0) is 63.1. The second-order valence-corrected chi connectivity index (χ2v) is 22.6. The molecule has 8 amide bonds. The van der Waals surface area contributed by atoms with Crippen LogP contribution < -0.4 is 45.5 Å². The van der Waals surface area contributed by atoms with E-state index in [2.05, 4.69) is 34.1 Å². The molecule has 0 aliphatic carbocycles. The van der Waals surface area contributed by atoms with Crippen molar-refractivity contribution in [3.63, 3.8) is 0 Å². The first-order chi connectivity index (χ1) is 43.0. The molecule has 23 nitrogen and oxygen atoms in total. The van der Waals surface area contributed by atoms with E-state index in [1.807, 2.05) is 30.3 Å². The number of unbranched alkanes of at least 4 members (excludes halogenated alkanes) is 5. The van der Waals surface area contributed by atoms with Crippen LogP contribution in [0.5, 0.6) is 23.0 Å². The first-order valence-electron chi connectivity index (χ1n) is 30.1. The number of hydrogen-bond donors (Lipinski definition) is 5. The summed E-state index contributed by atoms with van der Waals surface area (Å²) in [6.45, 7) is 9.68. The van der Waals surface area contributed by atoms with Crippen LogP contribution in [0.2, 0.25) is 0 Å². The zero-order valence-electron chi connectivity index (χ0n) is 50.2. The fourth-order valence-electron chi connectivity index (χ4n) is 11.4. The third kappa shape index (κ3) is 15.9. The van der Waals surface area contributed by atoms with Gasteiger partial charge in [-0.3, -0.25) is 43.5 Å². The number of aliphatic hydroxyl groups is 1. The zero-order valence-corrected chi connectivity index (χ0v) is 50.2. The van der Waals surface area contributed by atoms with Gasteiger partial charge >= 0.3 is 6.09 Å². The van der Waals surface area contributed by atoms with Crippen molar-refractivity contribution >= 4 is 70.7 Å². The second kappa shape index (κ2) is 30.0. The summed E-state index contributed by atoms with van der Waals surface area (Å²) in [6, 6.07) is 19.0. The molecule has 0 saturated carbocycles. The molecule has 5 aliphatic rings. The molecular formula is C66H77N9O14. The summed E-state index contributed by atoms with van der Waals surface area (Å²) in [4.78, 5) is 117. The first-order valence-corrected chi connectivity index (χ1v) is 30.1. The Kier molecular flexibility index (Phi) is 21.6. The lowest BCUT2D eigenvalue weighted by atomic mass is 10.0. The lowest BCUT2D eigenvalue weighted by molar-refractivity contribution is -0.137. The Labute approximate surface area is 516 Å². The highest BCUT2D eigenvalue weighted by Gasteiger charge is 2.46. The smallest absolute Gasteiger partial charge is 0.416 e. The van der Waals surface area contributed by atoms with Gasteiger partial charge in [-0.2, -0.15) is 0 Å². The van der Waals surface area contributed by atoms with E-state index in [9.17, 15) is 43.5 Å². The molecule has 4 aromatic carbocycles. The molecule has 6 N–H and O–H groups in total. The number of aliphatic hydroxyl groups excluding tert-OH is 1. The topological polar surface area (TPSA) is 290 Å². The lowest BCUT2D eigenvalue weighted by Gasteiger charge is -2.31. The standard InChI is InChI=1S/C66H77N9O14/c1-41-30-46-37-68-50-35-56(54(85-3)33-47(50)63(81)73(46)38-41)87-28-14-7-15-29-88-57-36-52-48(34-55(57)86-4)64(82)74-39-42(2)31-53(74)65(83)75(52)66(84)89-40-44-20-22-45(23-21-44)69-61(79)49(18-11-12-26-67)71-62(80)51(32-43-16-8-5-9-17-43)70-58(76)19-10-6-13-27-72-59(77)24-25-60(72)78/h5,8-9,16-17,20-25,33-37,46,49,51,53,65,83H,1-2,6-7,10-15,18-19,26-32,38-40,67H2,3-4H3,(H,69,79)(H,70,76)(H,71,80)/t46-,49?,51-,53-,65?/m0/s1. The number of nitrogens with zero attached hydrogens (tertiary/aromatic N) is 5. The summed E-state index contributed by atoms with van der Waals surface area (Å²) in [7, 11) is 2.96. The summed E-state index contributed by atoms with van der Waals surface area (Å²) in [6.07, 6.45) is 7.74. The number of anilines is 2. The number of ether oxygens (including phenoxy) is 5. The number of rotatable bonds is 29. The number of fused-ring (bicyclic) bond motifs is 4. The molecule has 2 fully saturated rings. The van der Waals surface area contributed by atoms with Crippen LogP contribution in [0, 0.1) is 0 Å². The van der Waals surface area contributed by atoms with Crippen LogP contribution in [0.3, 0.4) is 0 Å². The van der Waals surface area contributed by atoms with Crippen LogP contribution >= 0.6 is 0 Å². The predicted octanol–water partition coefficient (Wildman–Crippen LogP) is 6.83. The molecular weight excluding hydrogens is 1140 g/mol. The van der Waals surface area contributed by atoms with Gasteiger partial charge in [0.1, 0.15) is 18.7 Å². The summed E-state index contributed by atoms with van der Waals surface area (Å²) in [5.74, 6) is -1.38. The maximum Gasteiger partial charge on any atom is 0.416 e. The number of imide groups is 1. The molecule has 5 aliphatic heterocycles. The maximum absolute atomic E-state index is 14.3. The van der Waals surface area contributed by atoms with Gasteiger partial charge in [-0.1, -0.05) is 73.2 Å². The number of nitrogens with one attached hydrogen (secondary N) is 3. The minimum atomic E-state index is -1.54. The van der Waals surface area contributed by atoms with Crippen molar-refractivity contribution in [2.75, 3.05) is 63.8 Å². The molecule has 0 aromatic heterocycles. The highest BCUT2D eigenvalue weighted by molar-refractivity contribution is 6.13. The molecule has 89 heavy (non-hydrogen) atoms. The second-order valence-electron chi connectivity index (χ2n) is 22.6. The molecule has 9 rings (SSSR count). The van der Waals surface area contributed by atoms with Gasteiger partial charge in [0.15, 0.2) is 29.2 Å². The highest BCUT2D eigenvalue weighted by atomic mass is 16.6. The Bertz CT molecular complexity index is 3370. The van der Waals surface area contributed by atoms with E-state index in [0.717, 1.165) is 20.9 Å². The summed E-state index contributed by atoms with van der Waals surface area (Å²) < 4.78 is 29.6.